The molecule has 0 radical (unpaired) electrons. The van der Waals surface area contributed by atoms with Gasteiger partial charge in [0.25, 0.3) is 0 Å². The predicted molar refractivity (Wildman–Crippen MR) is 54.5 cm³/mol. The summed E-state index contributed by atoms with van der Waals surface area (Å²) in [4.78, 5) is 0. The third-order valence-corrected chi connectivity index (χ3v) is 3.37. The van der Waals surface area contributed by atoms with Gasteiger partial charge in [0, 0.05) is 5.92 Å². The van der Waals surface area contributed by atoms with Crippen LogP contribution in [0.5, 0.6) is 0 Å². The maximum atomic E-state index is 9.80. The molecule has 1 heteroatoms. The third kappa shape index (κ3) is 1.52. The monoisotopic (exact) mass is 178 g/mol. The average Bonchev–Trinajstić information content (AvgIpc) is 2.76. The normalized spacial score (nSPS) is 31.8. The molecule has 0 heterocycles. The lowest BCUT2D eigenvalue weighted by atomic mass is 9.85. The molecular weight excluding hydrogens is 160 g/mol. The highest BCUT2D eigenvalue weighted by atomic mass is 16.3. The summed E-state index contributed by atoms with van der Waals surface area (Å²) in [5, 5.41) is 9.80. The lowest BCUT2D eigenvalue weighted by Gasteiger charge is -2.21. The molecule has 2 rings (SSSR count). The molecule has 0 spiro atoms. The SMILES string of the molecule is C=CC(C)(C)CC1=C(O)C2CC2C1. The summed E-state index contributed by atoms with van der Waals surface area (Å²) in [6, 6.07) is 0. The van der Waals surface area contributed by atoms with E-state index in [1.54, 1.807) is 0 Å². The van der Waals surface area contributed by atoms with Gasteiger partial charge in [-0.3, -0.25) is 0 Å². The zero-order valence-electron chi connectivity index (χ0n) is 8.51. The first-order valence-electron chi connectivity index (χ1n) is 5.08. The number of aliphatic hydroxyl groups is 1. The molecule has 13 heavy (non-hydrogen) atoms. The van der Waals surface area contributed by atoms with E-state index < -0.39 is 0 Å². The van der Waals surface area contributed by atoms with E-state index in [1.165, 1.54) is 12.0 Å². The summed E-state index contributed by atoms with van der Waals surface area (Å²) in [7, 11) is 0. The maximum Gasteiger partial charge on any atom is 0.0948 e. The van der Waals surface area contributed by atoms with Crippen molar-refractivity contribution in [3.05, 3.63) is 24.0 Å². The van der Waals surface area contributed by atoms with E-state index in [2.05, 4.69) is 20.4 Å². The molecule has 1 saturated carbocycles. The minimum Gasteiger partial charge on any atom is -0.512 e. The second kappa shape index (κ2) is 2.63. The Hall–Kier alpha value is -0.720. The molecule has 1 fully saturated rings. The zero-order chi connectivity index (χ0) is 9.64. The fourth-order valence-corrected chi connectivity index (χ4v) is 2.28. The van der Waals surface area contributed by atoms with Gasteiger partial charge in [0.2, 0.25) is 0 Å². The molecule has 0 aromatic rings. The van der Waals surface area contributed by atoms with E-state index in [1.807, 2.05) is 6.08 Å². The van der Waals surface area contributed by atoms with Crippen molar-refractivity contribution >= 4 is 0 Å². The Kier molecular flexibility index (Phi) is 1.79. The Morgan fingerprint density at radius 2 is 2.31 bits per heavy atom. The molecule has 2 atom stereocenters. The first kappa shape index (κ1) is 8.86. The van der Waals surface area contributed by atoms with Crippen molar-refractivity contribution in [1.82, 2.24) is 0 Å². The van der Waals surface area contributed by atoms with Crippen molar-refractivity contribution in [2.24, 2.45) is 17.3 Å². The highest BCUT2D eigenvalue weighted by Gasteiger charge is 2.47. The summed E-state index contributed by atoms with van der Waals surface area (Å²) in [5.74, 6) is 2.03. The second-order valence-electron chi connectivity index (χ2n) is 5.16. The summed E-state index contributed by atoms with van der Waals surface area (Å²) < 4.78 is 0. The van der Waals surface area contributed by atoms with Gasteiger partial charge < -0.3 is 5.11 Å². The number of fused-ring (bicyclic) bond motifs is 1. The molecule has 2 aliphatic rings. The summed E-state index contributed by atoms with van der Waals surface area (Å²) in [5.41, 5.74) is 1.42. The zero-order valence-corrected chi connectivity index (χ0v) is 8.51. The van der Waals surface area contributed by atoms with E-state index in [9.17, 15) is 5.11 Å². The molecule has 0 amide bonds. The lowest BCUT2D eigenvalue weighted by molar-refractivity contribution is 0.366. The van der Waals surface area contributed by atoms with Crippen LogP contribution >= 0.6 is 0 Å². The van der Waals surface area contributed by atoms with Crippen molar-refractivity contribution in [2.75, 3.05) is 0 Å². The van der Waals surface area contributed by atoms with Crippen LogP contribution in [0.3, 0.4) is 0 Å². The predicted octanol–water partition coefficient (Wildman–Crippen LogP) is 3.44. The Balaban J connectivity index is 2.07. The van der Waals surface area contributed by atoms with Gasteiger partial charge in [-0.05, 0) is 36.2 Å². The molecule has 0 aromatic heterocycles. The molecule has 0 saturated heterocycles. The Labute approximate surface area is 80.2 Å². The second-order valence-corrected chi connectivity index (χ2v) is 5.16. The Bertz CT molecular complexity index is 273. The van der Waals surface area contributed by atoms with Crippen molar-refractivity contribution in [2.45, 2.75) is 33.1 Å². The number of rotatable bonds is 3. The number of aliphatic hydroxyl groups excluding tert-OH is 1. The van der Waals surface area contributed by atoms with Gasteiger partial charge in [-0.1, -0.05) is 19.9 Å². The van der Waals surface area contributed by atoms with Crippen LogP contribution in [0.25, 0.3) is 0 Å². The van der Waals surface area contributed by atoms with Gasteiger partial charge >= 0.3 is 0 Å². The van der Waals surface area contributed by atoms with Gasteiger partial charge in [-0.2, -0.15) is 0 Å². The standard InChI is InChI=1S/C12H18O/c1-4-12(2,3)7-9-5-8-6-10(8)11(9)13/h4,8,10,13H,1,5-7H2,2-3H3. The summed E-state index contributed by atoms with van der Waals surface area (Å²) in [6.45, 7) is 8.17. The minimum atomic E-state index is 0.139. The van der Waals surface area contributed by atoms with Gasteiger partial charge in [0.15, 0.2) is 0 Å². The largest absolute Gasteiger partial charge is 0.512 e. The topological polar surface area (TPSA) is 20.2 Å². The van der Waals surface area contributed by atoms with Crippen molar-refractivity contribution in [3.8, 4) is 0 Å². The van der Waals surface area contributed by atoms with Crippen LogP contribution in [0.15, 0.2) is 24.0 Å². The van der Waals surface area contributed by atoms with Crippen LogP contribution < -0.4 is 0 Å². The van der Waals surface area contributed by atoms with Crippen LogP contribution in [-0.2, 0) is 0 Å². The van der Waals surface area contributed by atoms with E-state index in [0.717, 1.165) is 18.8 Å². The number of hydrogen-bond donors (Lipinski definition) is 1. The van der Waals surface area contributed by atoms with Gasteiger partial charge in [-0.15, -0.1) is 6.58 Å². The minimum absolute atomic E-state index is 0.139. The van der Waals surface area contributed by atoms with Crippen LogP contribution in [-0.4, -0.2) is 5.11 Å². The molecule has 1 N–H and O–H groups in total. The molecule has 1 nitrogen and oxygen atoms in total. The Morgan fingerprint density at radius 1 is 1.62 bits per heavy atom. The quantitative estimate of drug-likeness (QED) is 0.656. The first-order valence-corrected chi connectivity index (χ1v) is 5.08. The van der Waals surface area contributed by atoms with E-state index in [-0.39, 0.29) is 5.41 Å². The lowest BCUT2D eigenvalue weighted by Crippen LogP contribution is -2.08. The number of hydrogen-bond acceptors (Lipinski definition) is 1. The molecule has 0 aliphatic heterocycles. The fraction of sp³-hybridized carbons (Fsp3) is 0.667. The first-order chi connectivity index (χ1) is 6.03. The van der Waals surface area contributed by atoms with Crippen LogP contribution in [0.2, 0.25) is 0 Å². The molecular formula is C12H18O. The molecule has 72 valence electrons. The van der Waals surface area contributed by atoms with Crippen molar-refractivity contribution in [3.63, 3.8) is 0 Å². The number of allylic oxidation sites excluding steroid dienone is 3. The highest BCUT2D eigenvalue weighted by molar-refractivity contribution is 5.27. The molecule has 0 bridgehead atoms. The van der Waals surface area contributed by atoms with Crippen LogP contribution in [0.1, 0.15) is 33.1 Å². The van der Waals surface area contributed by atoms with Gasteiger partial charge in [-0.25, -0.2) is 0 Å². The van der Waals surface area contributed by atoms with Crippen molar-refractivity contribution in [1.29, 1.82) is 0 Å². The summed E-state index contributed by atoms with van der Waals surface area (Å²) in [6.07, 6.45) is 5.32. The smallest absolute Gasteiger partial charge is 0.0948 e. The molecule has 2 aliphatic carbocycles. The van der Waals surface area contributed by atoms with Gasteiger partial charge in [0.05, 0.1) is 5.76 Å². The van der Waals surface area contributed by atoms with E-state index in [0.29, 0.717) is 11.7 Å². The van der Waals surface area contributed by atoms with Gasteiger partial charge in [0.1, 0.15) is 0 Å². The van der Waals surface area contributed by atoms with E-state index in [4.69, 9.17) is 0 Å². The average molecular weight is 178 g/mol. The third-order valence-electron chi connectivity index (χ3n) is 3.37. The Morgan fingerprint density at radius 3 is 2.77 bits per heavy atom. The van der Waals surface area contributed by atoms with E-state index >= 15 is 0 Å². The fourth-order valence-electron chi connectivity index (χ4n) is 2.28. The maximum absolute atomic E-state index is 9.80. The summed E-state index contributed by atoms with van der Waals surface area (Å²) >= 11 is 0. The highest BCUT2D eigenvalue weighted by Crippen LogP contribution is 2.55. The van der Waals surface area contributed by atoms with Crippen LogP contribution in [0.4, 0.5) is 0 Å². The van der Waals surface area contributed by atoms with Crippen molar-refractivity contribution < 1.29 is 5.11 Å². The molecule has 0 aromatic carbocycles. The van der Waals surface area contributed by atoms with Crippen LogP contribution in [0, 0.1) is 17.3 Å². The molecule has 2 unspecified atom stereocenters.